The molecule has 0 aliphatic carbocycles. The molecule has 0 N–H and O–H groups in total. The summed E-state index contributed by atoms with van der Waals surface area (Å²) in [7, 11) is 1.66. The molecular weight excluding hydrogens is 163 g/mol. The molecule has 2 heteroatoms. The number of rotatable bonds is 4. The van der Waals surface area contributed by atoms with Crippen LogP contribution in [-0.4, -0.2) is 7.11 Å². The molecule has 0 radical (unpaired) electrons. The predicted octanol–water partition coefficient (Wildman–Crippen LogP) is 2.54. The maximum atomic E-state index is 8.36. The van der Waals surface area contributed by atoms with Crippen molar-refractivity contribution < 1.29 is 4.74 Å². The van der Waals surface area contributed by atoms with Gasteiger partial charge in [0.05, 0.1) is 13.2 Å². The molecule has 0 saturated carbocycles. The van der Waals surface area contributed by atoms with E-state index in [0.717, 1.165) is 18.6 Å². The van der Waals surface area contributed by atoms with Crippen LogP contribution >= 0.6 is 0 Å². The number of methoxy groups -OCH3 is 1. The largest absolute Gasteiger partial charge is 0.497 e. The predicted molar refractivity (Wildman–Crippen MR) is 51.5 cm³/mol. The Hall–Kier alpha value is -1.49. The fourth-order valence-electron chi connectivity index (χ4n) is 1.16. The molecule has 0 unspecified atom stereocenters. The Morgan fingerprint density at radius 1 is 1.31 bits per heavy atom. The summed E-state index contributed by atoms with van der Waals surface area (Å²) >= 11 is 0. The molecule has 0 aromatic heterocycles. The lowest BCUT2D eigenvalue weighted by Gasteiger charge is -2.01. The molecule has 0 heterocycles. The second-order valence-corrected chi connectivity index (χ2v) is 2.86. The molecule has 1 aromatic rings. The van der Waals surface area contributed by atoms with Crippen LogP contribution in [0.2, 0.25) is 0 Å². The van der Waals surface area contributed by atoms with Crippen molar-refractivity contribution in [1.29, 1.82) is 5.26 Å². The number of nitrogens with zero attached hydrogens (tertiary/aromatic N) is 1. The van der Waals surface area contributed by atoms with Gasteiger partial charge in [-0.3, -0.25) is 0 Å². The summed E-state index contributed by atoms with van der Waals surface area (Å²) in [6.45, 7) is 0. The summed E-state index contributed by atoms with van der Waals surface area (Å²) in [5, 5.41) is 8.36. The minimum Gasteiger partial charge on any atom is -0.497 e. The average Bonchev–Trinajstić information content (AvgIpc) is 2.19. The number of benzene rings is 1. The Labute approximate surface area is 78.8 Å². The third-order valence-corrected chi connectivity index (χ3v) is 1.91. The second kappa shape index (κ2) is 5.21. The van der Waals surface area contributed by atoms with Gasteiger partial charge in [-0.25, -0.2) is 0 Å². The smallest absolute Gasteiger partial charge is 0.118 e. The number of ether oxygens (including phenoxy) is 1. The summed E-state index contributed by atoms with van der Waals surface area (Å²) in [5.74, 6) is 0.879. The third-order valence-electron chi connectivity index (χ3n) is 1.91. The van der Waals surface area contributed by atoms with Crippen LogP contribution in [0.15, 0.2) is 24.3 Å². The van der Waals surface area contributed by atoms with Gasteiger partial charge in [-0.1, -0.05) is 12.1 Å². The van der Waals surface area contributed by atoms with Crippen LogP contribution < -0.4 is 4.74 Å². The van der Waals surface area contributed by atoms with Crippen molar-refractivity contribution >= 4 is 0 Å². The van der Waals surface area contributed by atoms with Crippen LogP contribution in [0.4, 0.5) is 0 Å². The van der Waals surface area contributed by atoms with Crippen molar-refractivity contribution in [2.75, 3.05) is 7.11 Å². The van der Waals surface area contributed by atoms with Crippen molar-refractivity contribution in [3.8, 4) is 11.8 Å². The highest BCUT2D eigenvalue weighted by molar-refractivity contribution is 5.27. The van der Waals surface area contributed by atoms with E-state index in [1.807, 2.05) is 24.3 Å². The molecule has 68 valence electrons. The first-order valence-electron chi connectivity index (χ1n) is 4.36. The lowest BCUT2D eigenvalue weighted by atomic mass is 10.1. The van der Waals surface area contributed by atoms with Gasteiger partial charge in [0.15, 0.2) is 0 Å². The first-order valence-corrected chi connectivity index (χ1v) is 4.36. The number of unbranched alkanes of at least 4 members (excludes halogenated alkanes) is 1. The summed E-state index contributed by atoms with van der Waals surface area (Å²) in [6, 6.07) is 10.1. The zero-order valence-electron chi connectivity index (χ0n) is 7.79. The molecule has 0 aliphatic rings. The summed E-state index contributed by atoms with van der Waals surface area (Å²) < 4.78 is 5.04. The molecule has 0 atom stereocenters. The van der Waals surface area contributed by atoms with E-state index < -0.39 is 0 Å². The van der Waals surface area contributed by atoms with Gasteiger partial charge in [-0.2, -0.15) is 5.26 Å². The van der Waals surface area contributed by atoms with Gasteiger partial charge in [-0.15, -0.1) is 0 Å². The molecule has 0 saturated heterocycles. The van der Waals surface area contributed by atoms with Crippen molar-refractivity contribution in [3.63, 3.8) is 0 Å². The monoisotopic (exact) mass is 176 g/mol. The van der Waals surface area contributed by atoms with E-state index in [-0.39, 0.29) is 0 Å². The fraction of sp³-hybridized carbons (Fsp3) is 0.364. The Morgan fingerprint density at radius 2 is 2.00 bits per heavy atom. The lowest BCUT2D eigenvalue weighted by molar-refractivity contribution is 0.414. The molecular formula is C11H13NO. The van der Waals surface area contributed by atoms with Crippen molar-refractivity contribution in [2.24, 2.45) is 0 Å². The highest BCUT2D eigenvalue weighted by Crippen LogP contribution is 2.12. The maximum absolute atomic E-state index is 8.36. The SMILES string of the molecule is COc1ccc(CCC[13C]#N)cc1. The van der Waals surface area contributed by atoms with E-state index >= 15 is 0 Å². The molecule has 0 amide bonds. The lowest BCUT2D eigenvalue weighted by Crippen LogP contribution is -1.86. The van der Waals surface area contributed by atoms with E-state index in [1.165, 1.54) is 5.56 Å². The van der Waals surface area contributed by atoms with Crippen LogP contribution in [0, 0.1) is 11.3 Å². The van der Waals surface area contributed by atoms with Crippen LogP contribution in [0.25, 0.3) is 0 Å². The van der Waals surface area contributed by atoms with E-state index in [9.17, 15) is 0 Å². The molecule has 1 rings (SSSR count). The van der Waals surface area contributed by atoms with Crippen LogP contribution in [0.5, 0.6) is 5.75 Å². The van der Waals surface area contributed by atoms with Crippen LogP contribution in [-0.2, 0) is 6.42 Å². The summed E-state index contributed by atoms with van der Waals surface area (Å²) in [6.07, 6.45) is 2.53. The standard InChI is InChI=1S/C11H13NO/c1-13-11-7-5-10(6-8-11)4-2-3-9-12/h5-8H,2-4H2,1H3/i9+1. The zero-order valence-corrected chi connectivity index (χ0v) is 7.79. The Kier molecular flexibility index (Phi) is 3.84. The summed E-state index contributed by atoms with van der Waals surface area (Å²) in [4.78, 5) is 0. The first-order chi connectivity index (χ1) is 6.36. The van der Waals surface area contributed by atoms with E-state index in [0.29, 0.717) is 6.42 Å². The number of hydrogen-bond donors (Lipinski definition) is 0. The third kappa shape index (κ3) is 3.16. The van der Waals surface area contributed by atoms with Gasteiger partial charge >= 0.3 is 0 Å². The minimum absolute atomic E-state index is 0.631. The number of nitriles is 1. The molecule has 13 heavy (non-hydrogen) atoms. The fourth-order valence-corrected chi connectivity index (χ4v) is 1.16. The zero-order chi connectivity index (χ0) is 9.52. The normalized spacial score (nSPS) is 9.23. The van der Waals surface area contributed by atoms with E-state index in [4.69, 9.17) is 10.00 Å². The van der Waals surface area contributed by atoms with E-state index in [1.54, 1.807) is 7.11 Å². The summed E-state index contributed by atoms with van der Waals surface area (Å²) in [5.41, 5.74) is 1.26. The van der Waals surface area contributed by atoms with Crippen molar-refractivity contribution in [1.82, 2.24) is 0 Å². The molecule has 0 bridgehead atoms. The Bertz CT molecular complexity index is 284. The molecule has 0 aliphatic heterocycles. The van der Waals surface area contributed by atoms with Gasteiger partial charge in [0.2, 0.25) is 0 Å². The highest BCUT2D eigenvalue weighted by atomic mass is 16.5. The molecule has 2 nitrogen and oxygen atoms in total. The number of aryl methyl sites for hydroxylation is 1. The topological polar surface area (TPSA) is 33.0 Å². The second-order valence-electron chi connectivity index (χ2n) is 2.86. The average molecular weight is 176 g/mol. The minimum atomic E-state index is 0.631. The first kappa shape index (κ1) is 9.60. The van der Waals surface area contributed by atoms with Crippen molar-refractivity contribution in [2.45, 2.75) is 19.3 Å². The van der Waals surface area contributed by atoms with Crippen LogP contribution in [0.1, 0.15) is 18.4 Å². The number of hydrogen-bond acceptors (Lipinski definition) is 2. The van der Waals surface area contributed by atoms with E-state index in [2.05, 4.69) is 6.07 Å². The quantitative estimate of drug-likeness (QED) is 0.521. The molecule has 0 fully saturated rings. The van der Waals surface area contributed by atoms with Gasteiger partial charge in [0, 0.05) is 6.42 Å². The Morgan fingerprint density at radius 3 is 2.54 bits per heavy atom. The highest BCUT2D eigenvalue weighted by Gasteiger charge is 1.93. The maximum Gasteiger partial charge on any atom is 0.118 e. The Balaban J connectivity index is 2.45. The van der Waals surface area contributed by atoms with Crippen molar-refractivity contribution in [3.05, 3.63) is 29.8 Å². The van der Waals surface area contributed by atoms with Gasteiger partial charge in [0.1, 0.15) is 5.75 Å². The van der Waals surface area contributed by atoms with Crippen LogP contribution in [0.3, 0.4) is 0 Å². The van der Waals surface area contributed by atoms with Gasteiger partial charge in [-0.05, 0) is 30.5 Å². The molecule has 1 aromatic carbocycles. The molecule has 0 spiro atoms. The van der Waals surface area contributed by atoms with Gasteiger partial charge in [0.25, 0.3) is 0 Å². The van der Waals surface area contributed by atoms with Gasteiger partial charge < -0.3 is 4.74 Å².